The van der Waals surface area contributed by atoms with Crippen molar-refractivity contribution in [2.45, 2.75) is 50.5 Å². The lowest BCUT2D eigenvalue weighted by Gasteiger charge is -2.55. The lowest BCUT2D eigenvalue weighted by atomic mass is 9.52. The number of phenols is 1. The largest absolute Gasteiger partial charge is 0.507 e. The minimum Gasteiger partial charge on any atom is -0.507 e. The molecule has 0 heterocycles. The lowest BCUT2D eigenvalue weighted by molar-refractivity contribution is -0.190. The predicted molar refractivity (Wildman–Crippen MR) is 120 cm³/mol. The number of rotatable bonds is 4. The van der Waals surface area contributed by atoms with Crippen LogP contribution in [-0.2, 0) is 33.8 Å². The number of likely N-dealkylation sites (N-methyl/N-ethyl adjacent to an activating group) is 1. The van der Waals surface area contributed by atoms with E-state index in [0.29, 0.717) is 17.5 Å². The van der Waals surface area contributed by atoms with Crippen LogP contribution >= 0.6 is 0 Å². The summed E-state index contributed by atoms with van der Waals surface area (Å²) in [5.41, 5.74) is 10.3. The number of ketones is 3. The van der Waals surface area contributed by atoms with E-state index < -0.39 is 64.7 Å². The van der Waals surface area contributed by atoms with Crippen molar-refractivity contribution in [2.75, 3.05) is 14.1 Å². The van der Waals surface area contributed by atoms with Gasteiger partial charge in [0.25, 0.3) is 0 Å². The number of aromatic hydroxyl groups is 1. The second-order valence-electron chi connectivity index (χ2n) is 9.92. The van der Waals surface area contributed by atoms with Crippen LogP contribution in [-0.4, -0.2) is 75.3 Å². The Morgan fingerprint density at radius 2 is 1.85 bits per heavy atom. The second-order valence-corrected chi connectivity index (χ2v) is 9.92. The smallest absolute Gasteiger partial charge is 0.230 e. The Bertz CT molecular complexity index is 1100. The minimum absolute atomic E-state index is 0.00533. The van der Waals surface area contributed by atoms with Gasteiger partial charge in [0.1, 0.15) is 11.7 Å². The van der Waals surface area contributed by atoms with E-state index in [4.69, 9.17) is 11.5 Å². The van der Waals surface area contributed by atoms with E-state index >= 15 is 0 Å². The number of amides is 1. The van der Waals surface area contributed by atoms with Crippen LogP contribution in [0.25, 0.3) is 0 Å². The van der Waals surface area contributed by atoms with Crippen molar-refractivity contribution < 1.29 is 34.5 Å². The van der Waals surface area contributed by atoms with Crippen molar-refractivity contribution in [3.63, 3.8) is 0 Å². The van der Waals surface area contributed by atoms with Gasteiger partial charge in [0.15, 0.2) is 23.0 Å². The molecule has 1 aromatic rings. The van der Waals surface area contributed by atoms with E-state index in [9.17, 15) is 34.5 Å². The summed E-state index contributed by atoms with van der Waals surface area (Å²) in [7, 11) is 3.23. The Hall–Kier alpha value is -2.66. The molecule has 3 aliphatic carbocycles. The van der Waals surface area contributed by atoms with Gasteiger partial charge >= 0.3 is 0 Å². The molecule has 34 heavy (non-hydrogen) atoms. The van der Waals surface area contributed by atoms with E-state index in [1.54, 1.807) is 25.1 Å². The standard InChI is InChI=1S/C24H31N3O7/c1-4-9-5-11(8-25)18(28)15-12(9)6-10-7-13-17(27(2)3)20(30)16(23(26)33)22(32)24(13,34)21(31)14(10)19(15)29/h5,10,13-14,16-17,20,28,30,34H,4,6-8,25H2,1-3H3,(H2,26,33)/t10-,13-,14?,16?,17-,20?,24-/m1/s1. The number of benzene rings is 1. The van der Waals surface area contributed by atoms with Crippen LogP contribution in [0.3, 0.4) is 0 Å². The normalized spacial score (nSPS) is 35.1. The van der Waals surface area contributed by atoms with Gasteiger partial charge in [-0.05, 0) is 50.4 Å². The maximum Gasteiger partial charge on any atom is 0.230 e. The molecule has 3 aliphatic rings. The third-order valence-corrected chi connectivity index (χ3v) is 8.06. The van der Waals surface area contributed by atoms with Gasteiger partial charge in [-0.1, -0.05) is 13.0 Å². The maximum atomic E-state index is 13.8. The molecule has 0 spiro atoms. The van der Waals surface area contributed by atoms with Gasteiger partial charge in [-0.25, -0.2) is 0 Å². The molecule has 10 heteroatoms. The number of fused-ring (bicyclic) bond motifs is 3. The van der Waals surface area contributed by atoms with E-state index in [1.807, 2.05) is 6.92 Å². The molecule has 0 aromatic heterocycles. The molecule has 184 valence electrons. The van der Waals surface area contributed by atoms with Gasteiger partial charge in [-0.15, -0.1) is 0 Å². The molecule has 10 nitrogen and oxygen atoms in total. The molecular weight excluding hydrogens is 442 g/mol. The first-order chi connectivity index (χ1) is 15.9. The summed E-state index contributed by atoms with van der Waals surface area (Å²) in [6, 6.07) is 0.844. The topological polar surface area (TPSA) is 184 Å². The van der Waals surface area contributed by atoms with Gasteiger partial charge in [0, 0.05) is 24.1 Å². The summed E-state index contributed by atoms with van der Waals surface area (Å²) < 4.78 is 0. The van der Waals surface area contributed by atoms with Crippen LogP contribution in [0.4, 0.5) is 0 Å². The van der Waals surface area contributed by atoms with Crippen LogP contribution in [0.5, 0.6) is 5.75 Å². The van der Waals surface area contributed by atoms with E-state index in [-0.39, 0.29) is 30.7 Å². The second kappa shape index (κ2) is 8.23. The molecule has 0 radical (unpaired) electrons. The molecule has 0 saturated heterocycles. The Morgan fingerprint density at radius 3 is 2.38 bits per heavy atom. The van der Waals surface area contributed by atoms with Gasteiger partial charge in [0.2, 0.25) is 5.91 Å². The lowest BCUT2D eigenvalue weighted by Crippen LogP contribution is -2.75. The predicted octanol–water partition coefficient (Wildman–Crippen LogP) is -1.32. The molecule has 1 amide bonds. The number of carbonyl (C=O) groups excluding carboxylic acids is 4. The zero-order valence-corrected chi connectivity index (χ0v) is 19.4. The van der Waals surface area contributed by atoms with Crippen molar-refractivity contribution in [1.29, 1.82) is 0 Å². The number of hydrogen-bond acceptors (Lipinski definition) is 9. The minimum atomic E-state index is -2.66. The number of nitrogens with zero attached hydrogens (tertiary/aromatic N) is 1. The first-order valence-electron chi connectivity index (χ1n) is 11.5. The number of Topliss-reactive ketones (excluding diaryl/α,β-unsaturated/α-hetero) is 3. The molecule has 4 rings (SSSR count). The number of aliphatic hydroxyl groups is 2. The summed E-state index contributed by atoms with van der Waals surface area (Å²) in [5, 5.41) is 33.2. The number of nitrogens with two attached hydrogens (primary N) is 2. The molecule has 7 N–H and O–H groups in total. The Balaban J connectivity index is 1.89. The molecule has 0 aliphatic heterocycles. The highest BCUT2D eigenvalue weighted by molar-refractivity contribution is 6.25. The van der Waals surface area contributed by atoms with Crippen molar-refractivity contribution in [2.24, 2.45) is 35.1 Å². The number of aliphatic hydroxyl groups excluding tert-OH is 1. The Kier molecular flexibility index (Phi) is 5.92. The van der Waals surface area contributed by atoms with Gasteiger partial charge in [-0.3, -0.25) is 19.2 Å². The Morgan fingerprint density at radius 1 is 1.21 bits per heavy atom. The highest BCUT2D eigenvalue weighted by Crippen LogP contribution is 2.52. The average Bonchev–Trinajstić information content (AvgIpc) is 2.76. The van der Waals surface area contributed by atoms with Crippen molar-refractivity contribution >= 4 is 23.3 Å². The number of carbonyl (C=O) groups is 4. The monoisotopic (exact) mass is 473 g/mol. The fourth-order valence-corrected chi connectivity index (χ4v) is 6.50. The van der Waals surface area contributed by atoms with Gasteiger partial charge < -0.3 is 31.7 Å². The highest BCUT2D eigenvalue weighted by Gasteiger charge is 2.69. The average molecular weight is 474 g/mol. The zero-order valence-electron chi connectivity index (χ0n) is 19.4. The molecule has 2 saturated carbocycles. The fourth-order valence-electron chi connectivity index (χ4n) is 6.50. The summed E-state index contributed by atoms with van der Waals surface area (Å²) in [4.78, 5) is 54.3. The van der Waals surface area contributed by atoms with Gasteiger partial charge in [0.05, 0.1) is 17.6 Å². The third kappa shape index (κ3) is 3.09. The molecule has 3 unspecified atom stereocenters. The maximum absolute atomic E-state index is 13.8. The first-order valence-corrected chi connectivity index (χ1v) is 11.5. The summed E-state index contributed by atoms with van der Waals surface area (Å²) >= 11 is 0. The third-order valence-electron chi connectivity index (χ3n) is 8.06. The van der Waals surface area contributed by atoms with Crippen molar-refractivity contribution in [3.8, 4) is 5.75 Å². The zero-order chi connectivity index (χ0) is 25.3. The summed E-state index contributed by atoms with van der Waals surface area (Å²) in [5.74, 6) is -9.01. The van der Waals surface area contributed by atoms with Crippen LogP contribution in [0, 0.1) is 23.7 Å². The summed E-state index contributed by atoms with van der Waals surface area (Å²) in [6.45, 7) is 1.91. The Labute approximate surface area is 196 Å². The molecule has 1 aromatic carbocycles. The van der Waals surface area contributed by atoms with Crippen LogP contribution in [0.2, 0.25) is 0 Å². The first kappa shape index (κ1) is 24.5. The number of primary amides is 1. The quantitative estimate of drug-likeness (QED) is 0.331. The van der Waals surface area contributed by atoms with Crippen molar-refractivity contribution in [1.82, 2.24) is 4.90 Å². The number of hydrogen-bond donors (Lipinski definition) is 5. The molecule has 2 fully saturated rings. The van der Waals surface area contributed by atoms with Crippen LogP contribution in [0.15, 0.2) is 6.07 Å². The van der Waals surface area contributed by atoms with Gasteiger partial charge in [-0.2, -0.15) is 0 Å². The molecular formula is C24H31N3O7. The van der Waals surface area contributed by atoms with Crippen LogP contribution < -0.4 is 11.5 Å². The summed E-state index contributed by atoms with van der Waals surface area (Å²) in [6.07, 6.45) is -0.546. The fraction of sp³-hybridized carbons (Fsp3) is 0.583. The number of aryl methyl sites for hydroxylation is 1. The van der Waals surface area contributed by atoms with Crippen molar-refractivity contribution in [3.05, 3.63) is 28.3 Å². The highest BCUT2D eigenvalue weighted by atomic mass is 16.3. The van der Waals surface area contributed by atoms with Crippen LogP contribution in [0.1, 0.15) is 40.4 Å². The SMILES string of the molecule is CCc1cc(CN)c(O)c2c1C[C@@H]1C[C@@H]3[C@@H](N(C)C)C(O)C(C(N)=O)C(=O)[C@]3(O)C(=O)C1C2=O. The van der Waals surface area contributed by atoms with E-state index in [0.717, 1.165) is 5.56 Å². The van der Waals surface area contributed by atoms with E-state index in [2.05, 4.69) is 0 Å². The molecule has 7 atom stereocenters. The number of phenolic OH excluding ortho intramolecular Hbond substituents is 1. The van der Waals surface area contributed by atoms with E-state index in [1.165, 1.54) is 0 Å². The molecule has 0 bridgehead atoms.